The van der Waals surface area contributed by atoms with Crippen LogP contribution in [0.1, 0.15) is 84.5 Å². The summed E-state index contributed by atoms with van der Waals surface area (Å²) >= 11 is 0. The van der Waals surface area contributed by atoms with Crippen molar-refractivity contribution in [3.05, 3.63) is 0 Å². The van der Waals surface area contributed by atoms with Crippen LogP contribution in [0.25, 0.3) is 0 Å². The highest BCUT2D eigenvalue weighted by Gasteiger charge is 2.12. The number of carbonyl (C=O) groups is 2. The molecule has 0 aromatic carbocycles. The molecular formula is C16H30O6. The second-order valence-corrected chi connectivity index (χ2v) is 5.59. The molecule has 0 fully saturated rings. The average Bonchev–Trinajstić information content (AvgIpc) is 2.53. The van der Waals surface area contributed by atoms with Gasteiger partial charge in [-0.05, 0) is 13.3 Å². The molecule has 6 nitrogen and oxygen atoms in total. The maximum absolute atomic E-state index is 11.2. The van der Waals surface area contributed by atoms with Gasteiger partial charge in [0.05, 0.1) is 12.8 Å². The van der Waals surface area contributed by atoms with E-state index in [1.54, 1.807) is 0 Å². The lowest BCUT2D eigenvalue weighted by Gasteiger charge is -2.11. The first-order valence-electron chi connectivity index (χ1n) is 8.30. The highest BCUT2D eigenvalue weighted by atomic mass is 17.2. The Kier molecular flexibility index (Phi) is 14.0. The molecule has 0 aromatic heterocycles. The van der Waals surface area contributed by atoms with Crippen molar-refractivity contribution in [2.24, 2.45) is 0 Å². The van der Waals surface area contributed by atoms with Crippen molar-refractivity contribution < 1.29 is 29.5 Å². The van der Waals surface area contributed by atoms with E-state index in [2.05, 4.69) is 16.7 Å². The summed E-state index contributed by atoms with van der Waals surface area (Å²) in [6.45, 7) is 4.06. The van der Waals surface area contributed by atoms with Crippen LogP contribution in [0.2, 0.25) is 0 Å². The van der Waals surface area contributed by atoms with Crippen LogP contribution < -0.4 is 0 Å². The van der Waals surface area contributed by atoms with Gasteiger partial charge in [0.1, 0.15) is 6.10 Å². The molecule has 6 heteroatoms. The van der Waals surface area contributed by atoms with Crippen molar-refractivity contribution in [1.29, 1.82) is 0 Å². The molecule has 0 aliphatic heterocycles. The largest absolute Gasteiger partial charge is 0.342 e. The lowest BCUT2D eigenvalue weighted by atomic mass is 10.1. The Hall–Kier alpha value is -1.14. The summed E-state index contributed by atoms with van der Waals surface area (Å²) in [6.07, 6.45) is 10.2. The minimum Gasteiger partial charge on any atom is -0.301 e. The van der Waals surface area contributed by atoms with Gasteiger partial charge in [0.25, 0.3) is 0 Å². The predicted octanol–water partition coefficient (Wildman–Crippen LogP) is 4.18. The molecule has 0 rings (SSSR count). The van der Waals surface area contributed by atoms with Gasteiger partial charge >= 0.3 is 11.9 Å². The molecule has 1 N–H and O–H groups in total. The molecule has 1 unspecified atom stereocenters. The molecule has 0 aliphatic carbocycles. The first kappa shape index (κ1) is 20.9. The summed E-state index contributed by atoms with van der Waals surface area (Å²) in [7, 11) is 0. The Morgan fingerprint density at radius 3 is 2.05 bits per heavy atom. The van der Waals surface area contributed by atoms with E-state index in [0.29, 0.717) is 0 Å². The third-order valence-electron chi connectivity index (χ3n) is 3.40. The van der Waals surface area contributed by atoms with Crippen molar-refractivity contribution in [2.75, 3.05) is 0 Å². The van der Waals surface area contributed by atoms with E-state index in [1.807, 2.05) is 6.92 Å². The smallest absolute Gasteiger partial charge is 0.301 e. The number of carbonyl (C=O) groups excluding carboxylic acids is 2. The first-order chi connectivity index (χ1) is 10.6. The molecule has 0 amide bonds. The van der Waals surface area contributed by atoms with Crippen LogP contribution in [0.4, 0.5) is 0 Å². The number of hydrogen-bond acceptors (Lipinski definition) is 6. The van der Waals surface area contributed by atoms with E-state index >= 15 is 0 Å². The quantitative estimate of drug-likeness (QED) is 0.294. The monoisotopic (exact) mass is 318 g/mol. The van der Waals surface area contributed by atoms with Gasteiger partial charge in [-0.25, -0.2) is 9.59 Å². The third kappa shape index (κ3) is 13.8. The van der Waals surface area contributed by atoms with Crippen molar-refractivity contribution >= 4 is 11.9 Å². The average molecular weight is 318 g/mol. The third-order valence-corrected chi connectivity index (χ3v) is 3.40. The van der Waals surface area contributed by atoms with Crippen LogP contribution >= 0.6 is 0 Å². The van der Waals surface area contributed by atoms with Gasteiger partial charge in [0, 0.05) is 0 Å². The Morgan fingerprint density at radius 1 is 0.909 bits per heavy atom. The maximum atomic E-state index is 11.2. The van der Waals surface area contributed by atoms with Gasteiger partial charge < -0.3 is 4.89 Å². The topological polar surface area (TPSA) is 82.1 Å². The SMILES string of the molecule is CCCCCCCCCCC(C)OOC(=O)CCC(=O)OO. The van der Waals surface area contributed by atoms with Gasteiger partial charge in [0.15, 0.2) is 0 Å². The fraction of sp³-hybridized carbons (Fsp3) is 0.875. The number of hydrogen-bond donors (Lipinski definition) is 1. The highest BCUT2D eigenvalue weighted by molar-refractivity contribution is 5.76. The van der Waals surface area contributed by atoms with Crippen molar-refractivity contribution in [3.63, 3.8) is 0 Å². The summed E-state index contributed by atoms with van der Waals surface area (Å²) in [5, 5.41) is 8.03. The summed E-state index contributed by atoms with van der Waals surface area (Å²) in [5.41, 5.74) is 0. The van der Waals surface area contributed by atoms with E-state index in [0.717, 1.165) is 19.3 Å². The molecule has 0 saturated heterocycles. The molecule has 0 saturated carbocycles. The van der Waals surface area contributed by atoms with Crippen molar-refractivity contribution in [2.45, 2.75) is 90.6 Å². The molecule has 0 heterocycles. The second-order valence-electron chi connectivity index (χ2n) is 5.59. The van der Waals surface area contributed by atoms with E-state index in [-0.39, 0.29) is 18.9 Å². The molecule has 0 spiro atoms. The normalized spacial score (nSPS) is 12.0. The second kappa shape index (κ2) is 14.8. The van der Waals surface area contributed by atoms with Gasteiger partial charge in [0.2, 0.25) is 0 Å². The molecule has 1 atom stereocenters. The van der Waals surface area contributed by atoms with E-state index in [9.17, 15) is 9.59 Å². The summed E-state index contributed by atoms with van der Waals surface area (Å²) in [4.78, 5) is 34.9. The van der Waals surface area contributed by atoms with Crippen LogP contribution in [-0.2, 0) is 24.3 Å². The molecule has 22 heavy (non-hydrogen) atoms. The highest BCUT2D eigenvalue weighted by Crippen LogP contribution is 2.12. The Labute approximate surface area is 133 Å². The van der Waals surface area contributed by atoms with Crippen LogP contribution in [0.5, 0.6) is 0 Å². The van der Waals surface area contributed by atoms with Crippen LogP contribution in [0, 0.1) is 0 Å². The Bertz CT molecular complexity index is 292. The molecule has 0 aliphatic rings. The maximum Gasteiger partial charge on any atom is 0.342 e. The molecule has 0 aromatic rings. The van der Waals surface area contributed by atoms with Gasteiger partial charge in [-0.2, -0.15) is 10.1 Å². The summed E-state index contributed by atoms with van der Waals surface area (Å²) < 4.78 is 0. The molecule has 0 bridgehead atoms. The zero-order chi connectivity index (χ0) is 16.6. The van der Waals surface area contributed by atoms with E-state index < -0.39 is 11.9 Å². The minimum atomic E-state index is -0.871. The Morgan fingerprint density at radius 2 is 1.45 bits per heavy atom. The summed E-state index contributed by atoms with van der Waals surface area (Å²) in [6, 6.07) is 0. The van der Waals surface area contributed by atoms with E-state index in [1.165, 1.54) is 38.5 Å². The Balaban J connectivity index is 3.40. The van der Waals surface area contributed by atoms with Crippen LogP contribution in [0.15, 0.2) is 0 Å². The standard InChI is InChI=1S/C16H30O6/c1-3-4-5-6-7-8-9-10-11-14(2)21-22-16(18)13-12-15(17)20-19/h14,19H,3-13H2,1-2H3. The minimum absolute atomic E-state index is 0.158. The molecule has 0 radical (unpaired) electrons. The number of unbranched alkanes of at least 4 members (excludes halogenated alkanes) is 7. The predicted molar refractivity (Wildman–Crippen MR) is 81.8 cm³/mol. The molecule has 130 valence electrons. The zero-order valence-corrected chi connectivity index (χ0v) is 13.8. The van der Waals surface area contributed by atoms with Crippen molar-refractivity contribution in [3.8, 4) is 0 Å². The van der Waals surface area contributed by atoms with E-state index in [4.69, 9.17) is 10.1 Å². The van der Waals surface area contributed by atoms with Crippen molar-refractivity contribution in [1.82, 2.24) is 0 Å². The number of rotatable bonds is 14. The van der Waals surface area contributed by atoms with Gasteiger partial charge in [-0.15, -0.1) is 0 Å². The van der Waals surface area contributed by atoms with Crippen LogP contribution in [0.3, 0.4) is 0 Å². The van der Waals surface area contributed by atoms with Gasteiger partial charge in [-0.1, -0.05) is 58.3 Å². The van der Waals surface area contributed by atoms with Crippen LogP contribution in [-0.4, -0.2) is 23.3 Å². The molecular weight excluding hydrogens is 288 g/mol. The lowest BCUT2D eigenvalue weighted by Crippen LogP contribution is -2.14. The zero-order valence-electron chi connectivity index (χ0n) is 13.8. The summed E-state index contributed by atoms with van der Waals surface area (Å²) in [5.74, 6) is -1.52. The fourth-order valence-corrected chi connectivity index (χ4v) is 2.04. The first-order valence-corrected chi connectivity index (χ1v) is 8.30. The lowest BCUT2D eigenvalue weighted by molar-refractivity contribution is -0.296. The van der Waals surface area contributed by atoms with Gasteiger partial charge in [-0.3, -0.25) is 4.89 Å². The fourth-order valence-electron chi connectivity index (χ4n) is 2.04.